The van der Waals surface area contributed by atoms with Crippen molar-refractivity contribution < 1.29 is 22.7 Å². The van der Waals surface area contributed by atoms with Gasteiger partial charge in [-0.25, -0.2) is 8.42 Å². The van der Waals surface area contributed by atoms with E-state index in [0.717, 1.165) is 15.4 Å². The lowest BCUT2D eigenvalue weighted by Crippen LogP contribution is -2.52. The molecule has 0 unspecified atom stereocenters. The zero-order chi connectivity index (χ0) is 30.9. The molecule has 3 aromatic carbocycles. The van der Waals surface area contributed by atoms with Crippen LogP contribution in [0.15, 0.2) is 83.8 Å². The highest BCUT2D eigenvalue weighted by atomic mass is 32.2. The number of hydrogen-bond donors (Lipinski definition) is 1. The van der Waals surface area contributed by atoms with Crippen LogP contribution in [0.2, 0.25) is 0 Å². The van der Waals surface area contributed by atoms with Crippen molar-refractivity contribution in [3.63, 3.8) is 0 Å². The minimum atomic E-state index is -4.11. The first-order valence-electron chi connectivity index (χ1n) is 14.4. The molecule has 42 heavy (non-hydrogen) atoms. The molecule has 1 N–H and O–H groups in total. The maximum absolute atomic E-state index is 14.2. The Morgan fingerprint density at radius 3 is 2.14 bits per heavy atom. The Morgan fingerprint density at radius 1 is 0.905 bits per heavy atom. The molecule has 3 aromatic rings. The van der Waals surface area contributed by atoms with Crippen LogP contribution in [-0.4, -0.2) is 51.4 Å². The molecule has 8 nitrogen and oxygen atoms in total. The van der Waals surface area contributed by atoms with E-state index in [2.05, 4.69) is 19.2 Å². The first-order chi connectivity index (χ1) is 20.0. The highest BCUT2D eigenvalue weighted by Crippen LogP contribution is 2.27. The summed E-state index contributed by atoms with van der Waals surface area (Å²) >= 11 is 0. The van der Waals surface area contributed by atoms with Gasteiger partial charge in [0.25, 0.3) is 10.0 Å². The van der Waals surface area contributed by atoms with Crippen LogP contribution in [0.3, 0.4) is 0 Å². The number of anilines is 1. The molecule has 1 atom stereocenters. The van der Waals surface area contributed by atoms with Crippen LogP contribution >= 0.6 is 0 Å². The predicted octanol–water partition coefficient (Wildman–Crippen LogP) is 5.59. The minimum absolute atomic E-state index is 0.0757. The summed E-state index contributed by atoms with van der Waals surface area (Å²) < 4.78 is 34.4. The van der Waals surface area contributed by atoms with Crippen LogP contribution in [0, 0.1) is 5.92 Å². The average Bonchev–Trinajstić information content (AvgIpc) is 2.99. The van der Waals surface area contributed by atoms with Crippen molar-refractivity contribution in [2.24, 2.45) is 5.92 Å². The van der Waals surface area contributed by atoms with Gasteiger partial charge in [-0.15, -0.1) is 0 Å². The number of hydrogen-bond acceptors (Lipinski definition) is 5. The van der Waals surface area contributed by atoms with Crippen molar-refractivity contribution in [1.82, 2.24) is 10.2 Å². The van der Waals surface area contributed by atoms with E-state index in [-0.39, 0.29) is 29.2 Å². The maximum atomic E-state index is 14.2. The second-order valence-corrected chi connectivity index (χ2v) is 12.9. The zero-order valence-electron chi connectivity index (χ0n) is 25.4. The van der Waals surface area contributed by atoms with Gasteiger partial charge in [0.05, 0.1) is 17.7 Å². The molecule has 9 heteroatoms. The first kappa shape index (κ1) is 32.7. The van der Waals surface area contributed by atoms with Crippen molar-refractivity contribution in [2.45, 2.75) is 64.4 Å². The van der Waals surface area contributed by atoms with Crippen LogP contribution in [0.4, 0.5) is 5.69 Å². The van der Waals surface area contributed by atoms with E-state index in [9.17, 15) is 18.0 Å². The number of amides is 2. The predicted molar refractivity (Wildman–Crippen MR) is 167 cm³/mol. The van der Waals surface area contributed by atoms with Gasteiger partial charge in [-0.05, 0) is 65.8 Å². The Labute approximate surface area is 250 Å². The van der Waals surface area contributed by atoms with Crippen LogP contribution in [0.1, 0.15) is 58.1 Å². The highest BCUT2D eigenvalue weighted by molar-refractivity contribution is 7.92. The minimum Gasteiger partial charge on any atom is -0.497 e. The summed E-state index contributed by atoms with van der Waals surface area (Å²) in [5.41, 5.74) is 2.18. The van der Waals surface area contributed by atoms with Crippen molar-refractivity contribution in [2.75, 3.05) is 24.5 Å². The quantitative estimate of drug-likeness (QED) is 0.263. The van der Waals surface area contributed by atoms with Crippen LogP contribution in [-0.2, 0) is 26.2 Å². The zero-order valence-corrected chi connectivity index (χ0v) is 26.2. The van der Waals surface area contributed by atoms with Crippen LogP contribution in [0.25, 0.3) is 0 Å². The molecule has 0 aliphatic rings. The molecule has 0 heterocycles. The molecule has 0 aliphatic heterocycles. The normalized spacial score (nSPS) is 12.2. The van der Waals surface area contributed by atoms with Crippen LogP contribution < -0.4 is 14.4 Å². The van der Waals surface area contributed by atoms with Gasteiger partial charge < -0.3 is 15.0 Å². The molecule has 0 aliphatic carbocycles. The molecule has 0 saturated heterocycles. The number of carbonyl (C=O) groups is 2. The van der Waals surface area contributed by atoms with Gasteiger partial charge in [0.2, 0.25) is 11.8 Å². The molecule has 0 saturated carbocycles. The Kier molecular flexibility index (Phi) is 11.6. The van der Waals surface area contributed by atoms with E-state index in [0.29, 0.717) is 24.4 Å². The molecule has 3 rings (SSSR count). The maximum Gasteiger partial charge on any atom is 0.264 e. The van der Waals surface area contributed by atoms with E-state index in [1.54, 1.807) is 43.5 Å². The Morgan fingerprint density at radius 2 is 1.57 bits per heavy atom. The Bertz CT molecular complexity index is 1420. The summed E-state index contributed by atoms with van der Waals surface area (Å²) in [5, 5.41) is 2.95. The number of carbonyl (C=O) groups excluding carboxylic acids is 2. The lowest BCUT2D eigenvalue weighted by atomic mass is 10.0. The van der Waals surface area contributed by atoms with Crippen molar-refractivity contribution >= 4 is 27.5 Å². The Hall–Kier alpha value is -3.85. The number of ether oxygens (including phenoxy) is 1. The summed E-state index contributed by atoms with van der Waals surface area (Å²) in [6, 6.07) is 21.7. The lowest BCUT2D eigenvalue weighted by Gasteiger charge is -2.33. The standard InChI is InChI=1S/C33H43N3O5S/c1-7-31(33(38)34-21-24(2)3)35(22-26-12-11-13-29(20-26)41-6)32(37)23-36(28-18-16-27(17-19-28)25(4)5)42(39,40)30-14-9-8-10-15-30/h8-20,24-25,31H,7,21-23H2,1-6H3,(H,34,38)/t31-/m0/s1. The van der Waals surface area contributed by atoms with E-state index in [1.165, 1.54) is 17.0 Å². The highest BCUT2D eigenvalue weighted by Gasteiger charge is 2.33. The second kappa shape index (κ2) is 14.9. The van der Waals surface area contributed by atoms with Gasteiger partial charge in [-0.2, -0.15) is 0 Å². The van der Waals surface area contributed by atoms with E-state index < -0.39 is 28.5 Å². The van der Waals surface area contributed by atoms with Gasteiger partial charge in [-0.3, -0.25) is 13.9 Å². The molecular weight excluding hydrogens is 550 g/mol. The molecule has 0 fully saturated rings. The van der Waals surface area contributed by atoms with Gasteiger partial charge in [0.15, 0.2) is 0 Å². The van der Waals surface area contributed by atoms with E-state index in [4.69, 9.17) is 4.74 Å². The fourth-order valence-electron chi connectivity index (χ4n) is 4.58. The first-order valence-corrected chi connectivity index (χ1v) is 15.8. The number of sulfonamides is 1. The summed E-state index contributed by atoms with van der Waals surface area (Å²) in [6.07, 6.45) is 0.355. The van der Waals surface area contributed by atoms with E-state index >= 15 is 0 Å². The van der Waals surface area contributed by atoms with Crippen molar-refractivity contribution in [3.8, 4) is 5.75 Å². The molecule has 2 amide bonds. The summed E-state index contributed by atoms with van der Waals surface area (Å²) in [4.78, 5) is 29.1. The topological polar surface area (TPSA) is 96.0 Å². The Balaban J connectivity index is 2.06. The number of methoxy groups -OCH3 is 1. The van der Waals surface area contributed by atoms with Gasteiger partial charge in [0, 0.05) is 13.1 Å². The molecule has 0 bridgehead atoms. The molecule has 0 aromatic heterocycles. The van der Waals surface area contributed by atoms with Gasteiger partial charge in [0.1, 0.15) is 18.3 Å². The third-order valence-electron chi connectivity index (χ3n) is 7.02. The van der Waals surface area contributed by atoms with Gasteiger partial charge >= 0.3 is 0 Å². The summed E-state index contributed by atoms with van der Waals surface area (Å²) in [6.45, 7) is 10.0. The van der Waals surface area contributed by atoms with E-state index in [1.807, 2.05) is 51.1 Å². The largest absolute Gasteiger partial charge is 0.497 e. The molecule has 226 valence electrons. The third kappa shape index (κ3) is 8.35. The van der Waals surface area contributed by atoms with Crippen LogP contribution in [0.5, 0.6) is 5.75 Å². The fourth-order valence-corrected chi connectivity index (χ4v) is 6.02. The lowest BCUT2D eigenvalue weighted by molar-refractivity contribution is -0.140. The number of nitrogens with one attached hydrogen (secondary N) is 1. The summed E-state index contributed by atoms with van der Waals surface area (Å²) in [7, 11) is -2.55. The third-order valence-corrected chi connectivity index (χ3v) is 8.80. The number of rotatable bonds is 14. The number of nitrogens with zero attached hydrogens (tertiary/aromatic N) is 2. The van der Waals surface area contributed by atoms with Crippen molar-refractivity contribution in [1.29, 1.82) is 0 Å². The van der Waals surface area contributed by atoms with Gasteiger partial charge in [-0.1, -0.05) is 77.1 Å². The monoisotopic (exact) mass is 593 g/mol. The molecule has 0 spiro atoms. The number of benzene rings is 3. The summed E-state index contributed by atoms with van der Waals surface area (Å²) in [5.74, 6) is 0.343. The average molecular weight is 594 g/mol. The second-order valence-electron chi connectivity index (χ2n) is 11.0. The molecular formula is C33H43N3O5S. The SMILES string of the molecule is CC[C@@H](C(=O)NCC(C)C)N(Cc1cccc(OC)c1)C(=O)CN(c1ccc(C(C)C)cc1)S(=O)(=O)c1ccccc1. The smallest absolute Gasteiger partial charge is 0.264 e. The fraction of sp³-hybridized carbons (Fsp3) is 0.394. The molecule has 0 radical (unpaired) electrons. The van der Waals surface area contributed by atoms with Crippen molar-refractivity contribution in [3.05, 3.63) is 90.0 Å².